The van der Waals surface area contributed by atoms with Crippen LogP contribution in [0.15, 0.2) is 24.3 Å². The van der Waals surface area contributed by atoms with E-state index < -0.39 is 0 Å². The van der Waals surface area contributed by atoms with Gasteiger partial charge in [0.25, 0.3) is 0 Å². The lowest BCUT2D eigenvalue weighted by molar-refractivity contribution is 0.183. The minimum Gasteiger partial charge on any atom is -0.242 e. The summed E-state index contributed by atoms with van der Waals surface area (Å²) in [5.41, 5.74) is 6.11. The van der Waals surface area contributed by atoms with Crippen LogP contribution in [0, 0.1) is 45.3 Å². The van der Waals surface area contributed by atoms with Gasteiger partial charge in [0, 0.05) is 22.2 Å². The van der Waals surface area contributed by atoms with Crippen molar-refractivity contribution in [2.24, 2.45) is 22.7 Å². The van der Waals surface area contributed by atoms with Gasteiger partial charge in [0.15, 0.2) is 0 Å². The summed E-state index contributed by atoms with van der Waals surface area (Å²) in [6.07, 6.45) is 12.0. The molecule has 242 valence electrons. The van der Waals surface area contributed by atoms with Crippen molar-refractivity contribution < 1.29 is 0 Å². The zero-order valence-electron chi connectivity index (χ0n) is 28.1. The van der Waals surface area contributed by atoms with Crippen LogP contribution in [0.3, 0.4) is 0 Å². The van der Waals surface area contributed by atoms with Crippen molar-refractivity contribution in [1.82, 2.24) is 9.97 Å². The zero-order valence-corrected chi connectivity index (χ0v) is 29.8. The van der Waals surface area contributed by atoms with Crippen LogP contribution in [-0.2, 0) is 25.7 Å². The molecule has 45 heavy (non-hydrogen) atoms. The van der Waals surface area contributed by atoms with Crippen LogP contribution in [0.1, 0.15) is 134 Å². The zero-order chi connectivity index (χ0) is 32.1. The van der Waals surface area contributed by atoms with Crippen LogP contribution in [0.4, 0.5) is 0 Å². The lowest BCUT2D eigenvalue weighted by Crippen LogP contribution is -2.27. The van der Waals surface area contributed by atoms with E-state index in [2.05, 4.69) is 65.8 Å². The Bertz CT molecular complexity index is 1610. The van der Waals surface area contributed by atoms with Crippen LogP contribution in [0.5, 0.6) is 0 Å². The van der Waals surface area contributed by atoms with Crippen molar-refractivity contribution in [3.8, 4) is 12.1 Å². The summed E-state index contributed by atoms with van der Waals surface area (Å²) >= 11 is 3.03. The molecule has 0 spiro atoms. The number of nitriles is 2. The molecule has 4 heterocycles. The summed E-state index contributed by atoms with van der Waals surface area (Å²) in [6, 6.07) is 13.0. The van der Waals surface area contributed by atoms with E-state index in [1.807, 2.05) is 26.0 Å². The first-order chi connectivity index (χ1) is 21.0. The van der Waals surface area contributed by atoms with E-state index in [0.717, 1.165) is 67.7 Å². The van der Waals surface area contributed by atoms with Crippen molar-refractivity contribution in [2.75, 3.05) is 0 Å². The Morgan fingerprint density at radius 3 is 1.80 bits per heavy atom. The third-order valence-electron chi connectivity index (χ3n) is 9.99. The Morgan fingerprint density at radius 2 is 1.27 bits per heavy atom. The number of rotatable bonds is 2. The Morgan fingerprint density at radius 1 is 0.733 bits per heavy atom. The highest BCUT2D eigenvalue weighted by Crippen LogP contribution is 2.40. The topological polar surface area (TPSA) is 73.4 Å². The molecule has 0 saturated carbocycles. The van der Waals surface area contributed by atoms with E-state index in [1.165, 1.54) is 83.7 Å². The Kier molecular flexibility index (Phi) is 12.8. The maximum absolute atomic E-state index is 9.11. The molecule has 0 saturated heterocycles. The van der Waals surface area contributed by atoms with E-state index in [4.69, 9.17) is 20.5 Å². The first-order valence-corrected chi connectivity index (χ1v) is 18.3. The van der Waals surface area contributed by atoms with Gasteiger partial charge in [-0.15, -0.1) is 22.7 Å². The third-order valence-corrected chi connectivity index (χ3v) is 11.9. The molecule has 2 aliphatic rings. The second-order valence-corrected chi connectivity index (χ2v) is 16.1. The lowest BCUT2D eigenvalue weighted by Gasteiger charge is -2.35. The number of hydrogen-bond acceptors (Lipinski definition) is 6. The number of pyridine rings is 2. The largest absolute Gasteiger partial charge is 0.242 e. The molecule has 2 atom stereocenters. The summed E-state index contributed by atoms with van der Waals surface area (Å²) < 4.78 is 0. The maximum atomic E-state index is 9.11. The number of aryl methyl sites for hydroxylation is 3. The van der Waals surface area contributed by atoms with E-state index in [-0.39, 0.29) is 7.43 Å². The monoisotopic (exact) mass is 642 g/mol. The molecule has 4 aromatic heterocycles. The summed E-state index contributed by atoms with van der Waals surface area (Å²) in [7, 11) is 0. The number of hydrogen-bond donors (Lipinski definition) is 0. The highest BCUT2D eigenvalue weighted by atomic mass is 32.1. The molecule has 0 fully saturated rings. The van der Waals surface area contributed by atoms with Gasteiger partial charge in [-0.2, -0.15) is 10.5 Å². The minimum atomic E-state index is 0. The van der Waals surface area contributed by atoms with Crippen LogP contribution >= 0.6 is 22.7 Å². The first kappa shape index (κ1) is 36.7. The maximum Gasteiger partial charge on any atom is 0.124 e. The molecule has 0 aliphatic heterocycles. The predicted molar refractivity (Wildman–Crippen MR) is 195 cm³/mol. The average molecular weight is 643 g/mol. The van der Waals surface area contributed by atoms with Crippen molar-refractivity contribution in [3.05, 3.63) is 56.5 Å². The van der Waals surface area contributed by atoms with E-state index in [9.17, 15) is 0 Å². The molecule has 0 bridgehead atoms. The summed E-state index contributed by atoms with van der Waals surface area (Å²) in [5.74, 6) is 1.49. The standard InChI is InChI=1S/C19H24N2S.C17H20N2S.C2H6.CH4/c1-4-19(2,3)15-7-5-6-8-17-13(10-15)9-14-11-16(12-20)22-18(14)21-17;1-17(2,3)13-5-4-11-8-12-9-14(10-18)20-16(12)19-15(11)7-6-13;1-2;/h9,11,15H,4-8,10H2,1-3H3;8-9,13H,4-7H2,1-3H3;1-2H3;1H4. The lowest BCUT2D eigenvalue weighted by atomic mass is 9.70. The quantitative estimate of drug-likeness (QED) is 0.204. The van der Waals surface area contributed by atoms with E-state index in [1.54, 1.807) is 0 Å². The second-order valence-electron chi connectivity index (χ2n) is 14.1. The summed E-state index contributed by atoms with van der Waals surface area (Å²) in [6.45, 7) is 18.2. The molecule has 0 radical (unpaired) electrons. The van der Waals surface area contributed by atoms with Gasteiger partial charge >= 0.3 is 0 Å². The highest BCUT2D eigenvalue weighted by molar-refractivity contribution is 7.19. The molecular weight excluding hydrogens is 589 g/mol. The molecule has 6 rings (SSSR count). The van der Waals surface area contributed by atoms with Gasteiger partial charge in [0.05, 0.1) is 0 Å². The normalized spacial score (nSPS) is 18.2. The molecule has 0 amide bonds. The van der Waals surface area contributed by atoms with E-state index >= 15 is 0 Å². The predicted octanol–water partition coefficient (Wildman–Crippen LogP) is 11.9. The molecule has 6 heteroatoms. The van der Waals surface area contributed by atoms with Crippen molar-refractivity contribution in [1.29, 1.82) is 10.5 Å². The summed E-state index contributed by atoms with van der Waals surface area (Å²) in [5, 5.41) is 20.4. The molecule has 0 N–H and O–H groups in total. The first-order valence-electron chi connectivity index (χ1n) is 16.7. The van der Waals surface area contributed by atoms with Crippen LogP contribution in [-0.4, -0.2) is 9.97 Å². The second kappa shape index (κ2) is 15.7. The van der Waals surface area contributed by atoms with Crippen molar-refractivity contribution >= 4 is 43.1 Å². The smallest absolute Gasteiger partial charge is 0.124 e. The van der Waals surface area contributed by atoms with Crippen LogP contribution in [0.25, 0.3) is 20.4 Å². The Hall–Kier alpha value is -2.80. The molecule has 4 aromatic rings. The SMILES string of the molecule is C.CC.CC(C)(C)C1CCc2cc3cc(C#N)sc3nc2CC1.CCC(C)(C)C1CCCCc2nc3sc(C#N)cc3cc2C1. The van der Waals surface area contributed by atoms with Gasteiger partial charge in [-0.3, -0.25) is 0 Å². The van der Waals surface area contributed by atoms with Gasteiger partial charge in [-0.05, 0) is 109 Å². The fourth-order valence-corrected chi connectivity index (χ4v) is 8.36. The molecular formula is C39H54N4S2. The van der Waals surface area contributed by atoms with E-state index in [0.29, 0.717) is 10.8 Å². The fourth-order valence-electron chi connectivity index (χ4n) is 6.70. The van der Waals surface area contributed by atoms with Gasteiger partial charge in [0.2, 0.25) is 0 Å². The van der Waals surface area contributed by atoms with Gasteiger partial charge in [-0.25, -0.2) is 9.97 Å². The number of aromatic nitrogens is 2. The Labute approximate surface area is 280 Å². The number of fused-ring (bicyclic) bond motifs is 4. The third kappa shape index (κ3) is 8.72. The van der Waals surface area contributed by atoms with Crippen molar-refractivity contribution in [2.45, 2.75) is 127 Å². The molecule has 2 aliphatic carbocycles. The van der Waals surface area contributed by atoms with Crippen molar-refractivity contribution in [3.63, 3.8) is 0 Å². The number of nitrogens with zero attached hydrogens (tertiary/aromatic N) is 4. The van der Waals surface area contributed by atoms with Gasteiger partial charge in [-0.1, -0.05) is 75.7 Å². The molecule has 4 nitrogen and oxygen atoms in total. The highest BCUT2D eigenvalue weighted by Gasteiger charge is 2.30. The van der Waals surface area contributed by atoms with Gasteiger partial charge in [0.1, 0.15) is 31.6 Å². The summed E-state index contributed by atoms with van der Waals surface area (Å²) in [4.78, 5) is 13.3. The Balaban J connectivity index is 0.000000229. The number of thiophene rings is 2. The fraction of sp³-hybridized carbons (Fsp3) is 0.590. The molecule has 0 aromatic carbocycles. The molecule has 2 unspecified atom stereocenters. The van der Waals surface area contributed by atoms with Crippen LogP contribution in [0.2, 0.25) is 0 Å². The average Bonchev–Trinajstić information content (AvgIpc) is 3.53. The minimum absolute atomic E-state index is 0. The van der Waals surface area contributed by atoms with Gasteiger partial charge < -0.3 is 0 Å². The van der Waals surface area contributed by atoms with Crippen LogP contribution < -0.4 is 0 Å².